The number of benzene rings is 2. The Labute approximate surface area is 193 Å². The molecule has 34 heavy (non-hydrogen) atoms. The van der Waals surface area contributed by atoms with Crippen molar-refractivity contribution in [3.63, 3.8) is 0 Å². The molecule has 0 bridgehead atoms. The third-order valence-electron chi connectivity index (χ3n) is 6.37. The van der Waals surface area contributed by atoms with Gasteiger partial charge in [-0.05, 0) is 23.6 Å². The molecular formula is C24H19N3O7. The first-order valence-corrected chi connectivity index (χ1v) is 10.5. The molecule has 1 aliphatic carbocycles. The summed E-state index contributed by atoms with van der Waals surface area (Å²) in [4.78, 5) is 38.1. The van der Waals surface area contributed by atoms with Gasteiger partial charge in [0.15, 0.2) is 6.20 Å². The highest BCUT2D eigenvalue weighted by Gasteiger charge is 2.73. The summed E-state index contributed by atoms with van der Waals surface area (Å²) in [5.41, 5.74) is -2.61. The minimum absolute atomic E-state index is 0.0994. The molecule has 2 aliphatic rings. The van der Waals surface area contributed by atoms with Crippen LogP contribution in [0.25, 0.3) is 0 Å². The van der Waals surface area contributed by atoms with Crippen LogP contribution in [0, 0.1) is 15.3 Å². The summed E-state index contributed by atoms with van der Waals surface area (Å²) in [5, 5.41) is 38.3. The van der Waals surface area contributed by atoms with Gasteiger partial charge in [0, 0.05) is 29.3 Å². The Morgan fingerprint density at radius 1 is 1.15 bits per heavy atom. The smallest absolute Gasteiger partial charge is 0.318 e. The number of carbonyl (C=O) groups excluding carboxylic acids is 2. The second-order valence-corrected chi connectivity index (χ2v) is 8.56. The number of rotatable bonds is 4. The van der Waals surface area contributed by atoms with Crippen molar-refractivity contribution in [3.05, 3.63) is 104 Å². The van der Waals surface area contributed by atoms with Crippen LogP contribution in [0.3, 0.4) is 0 Å². The first-order valence-electron chi connectivity index (χ1n) is 10.5. The third-order valence-corrected chi connectivity index (χ3v) is 6.37. The molecule has 1 aliphatic heterocycles. The molecule has 0 saturated carbocycles. The molecule has 0 fully saturated rings. The van der Waals surface area contributed by atoms with Gasteiger partial charge in [0.05, 0.1) is 4.92 Å². The fourth-order valence-corrected chi connectivity index (χ4v) is 4.69. The Kier molecular flexibility index (Phi) is 4.49. The van der Waals surface area contributed by atoms with Gasteiger partial charge in [-0.15, -0.1) is 0 Å². The summed E-state index contributed by atoms with van der Waals surface area (Å²) in [6, 6.07) is 12.9. The molecule has 2 heterocycles. The lowest BCUT2D eigenvalue weighted by molar-refractivity contribution is -0.607. The molecule has 1 aromatic heterocycles. The Bertz CT molecular complexity index is 1400. The summed E-state index contributed by atoms with van der Waals surface area (Å²) in [6.45, 7) is 3.91. The van der Waals surface area contributed by atoms with E-state index >= 15 is 0 Å². The topological polar surface area (TPSA) is 146 Å². The lowest BCUT2D eigenvalue weighted by atomic mass is 9.82. The monoisotopic (exact) mass is 461 g/mol. The van der Waals surface area contributed by atoms with Crippen molar-refractivity contribution >= 4 is 17.4 Å². The largest absolute Gasteiger partial charge is 0.618 e. The first-order chi connectivity index (χ1) is 16.1. The van der Waals surface area contributed by atoms with Crippen molar-refractivity contribution in [3.8, 4) is 5.75 Å². The molecule has 5 rings (SSSR count). The number of carbonyl (C=O) groups is 2. The number of Topliss-reactive ketones (excluding diaryl/α,β-unsaturated/α-hetero) is 1. The average molecular weight is 461 g/mol. The van der Waals surface area contributed by atoms with Gasteiger partial charge in [-0.2, -0.15) is 4.73 Å². The summed E-state index contributed by atoms with van der Waals surface area (Å²) >= 11 is 0. The maximum Gasteiger partial charge on any atom is 0.318 e. The average Bonchev–Trinajstić information content (AvgIpc) is 3.16. The van der Waals surface area contributed by atoms with E-state index in [1.54, 1.807) is 18.2 Å². The van der Waals surface area contributed by atoms with Gasteiger partial charge in [-0.1, -0.05) is 38.1 Å². The van der Waals surface area contributed by atoms with Crippen molar-refractivity contribution in [2.45, 2.75) is 31.1 Å². The summed E-state index contributed by atoms with van der Waals surface area (Å²) in [5.74, 6) is -4.08. The molecule has 2 unspecified atom stereocenters. The molecule has 3 aromatic rings. The fourth-order valence-electron chi connectivity index (χ4n) is 4.69. The van der Waals surface area contributed by atoms with E-state index in [0.717, 1.165) is 17.8 Å². The predicted octanol–water partition coefficient (Wildman–Crippen LogP) is 2.41. The fraction of sp³-hybridized carbons (Fsp3) is 0.208. The minimum Gasteiger partial charge on any atom is -0.618 e. The second kappa shape index (κ2) is 7.09. The Hall–Kier alpha value is -4.31. The Balaban J connectivity index is 1.77. The van der Waals surface area contributed by atoms with E-state index in [0.29, 0.717) is 4.73 Å². The van der Waals surface area contributed by atoms with E-state index < -0.39 is 33.6 Å². The van der Waals surface area contributed by atoms with E-state index in [9.17, 15) is 30.0 Å². The zero-order valence-corrected chi connectivity index (χ0v) is 18.1. The number of aliphatic hydroxyl groups is 1. The molecule has 10 heteroatoms. The van der Waals surface area contributed by atoms with Crippen molar-refractivity contribution in [2.24, 2.45) is 0 Å². The lowest BCUT2D eigenvalue weighted by Gasteiger charge is -2.34. The number of ether oxygens (including phenoxy) is 1. The number of pyridine rings is 1. The molecule has 172 valence electrons. The van der Waals surface area contributed by atoms with Crippen LogP contribution in [0.15, 0.2) is 60.8 Å². The van der Waals surface area contributed by atoms with E-state index in [1.807, 2.05) is 13.8 Å². The molecule has 2 aromatic carbocycles. The number of hydrogen-bond donors (Lipinski definition) is 2. The van der Waals surface area contributed by atoms with Gasteiger partial charge >= 0.3 is 5.91 Å². The van der Waals surface area contributed by atoms with Crippen LogP contribution in [0.4, 0.5) is 5.69 Å². The number of fused-ring (bicyclic) bond motifs is 5. The Morgan fingerprint density at radius 3 is 2.59 bits per heavy atom. The van der Waals surface area contributed by atoms with Crippen molar-refractivity contribution in [2.75, 3.05) is 0 Å². The highest BCUT2D eigenvalue weighted by Crippen LogP contribution is 2.59. The number of nitrogens with zero attached hydrogens (tertiary/aromatic N) is 2. The molecule has 1 amide bonds. The number of aromatic nitrogens is 1. The van der Waals surface area contributed by atoms with Crippen molar-refractivity contribution < 1.29 is 29.1 Å². The van der Waals surface area contributed by atoms with Crippen LogP contribution in [-0.4, -0.2) is 21.7 Å². The van der Waals surface area contributed by atoms with Crippen LogP contribution in [-0.2, 0) is 11.3 Å². The zero-order valence-electron chi connectivity index (χ0n) is 18.1. The van der Waals surface area contributed by atoms with Crippen LogP contribution in [0.1, 0.15) is 57.3 Å². The third kappa shape index (κ3) is 2.62. The number of nitro benzene ring substituents is 1. The van der Waals surface area contributed by atoms with E-state index in [-0.39, 0.29) is 34.1 Å². The summed E-state index contributed by atoms with van der Waals surface area (Å²) < 4.78 is 6.24. The standard InChI is InChI=1S/C24H19N3O7/c1-13(2)14-9-10-15-19(12-14)34-24(30)16-6-5-8-17(27(32)33)20(16)21(28)23(15,24)25-22(29)18-7-3-4-11-26(18)31/h3-13,30H,1-2H3,(H,25,29). The number of ketones is 1. The van der Waals surface area contributed by atoms with Crippen LogP contribution in [0.5, 0.6) is 5.75 Å². The minimum atomic E-state index is -2.47. The Morgan fingerprint density at radius 2 is 1.91 bits per heavy atom. The number of nitrogens with one attached hydrogen (secondary N) is 1. The number of hydrogen-bond acceptors (Lipinski definition) is 7. The van der Waals surface area contributed by atoms with Gasteiger partial charge in [-0.25, -0.2) is 0 Å². The molecule has 2 atom stereocenters. The summed E-state index contributed by atoms with van der Waals surface area (Å²) in [6.07, 6.45) is 1.11. The molecule has 2 N–H and O–H groups in total. The first kappa shape index (κ1) is 21.5. The molecule has 0 spiro atoms. The van der Waals surface area contributed by atoms with Crippen LogP contribution in [0.2, 0.25) is 0 Å². The van der Waals surface area contributed by atoms with Crippen LogP contribution >= 0.6 is 0 Å². The van der Waals surface area contributed by atoms with Gasteiger partial charge in [0.25, 0.3) is 17.2 Å². The van der Waals surface area contributed by atoms with Gasteiger partial charge in [0.1, 0.15) is 11.3 Å². The second-order valence-electron chi connectivity index (χ2n) is 8.56. The lowest BCUT2D eigenvalue weighted by Crippen LogP contribution is -2.61. The molecule has 0 saturated heterocycles. The number of nitro groups is 1. The van der Waals surface area contributed by atoms with E-state index in [1.165, 1.54) is 30.3 Å². The van der Waals surface area contributed by atoms with Gasteiger partial charge in [-0.3, -0.25) is 19.7 Å². The van der Waals surface area contributed by atoms with Gasteiger partial charge < -0.3 is 20.4 Å². The normalized spacial score (nSPS) is 22.1. The van der Waals surface area contributed by atoms with E-state index in [4.69, 9.17) is 4.74 Å². The highest BCUT2D eigenvalue weighted by atomic mass is 16.6. The van der Waals surface area contributed by atoms with Crippen LogP contribution < -0.4 is 14.8 Å². The van der Waals surface area contributed by atoms with Crippen molar-refractivity contribution in [1.82, 2.24) is 5.32 Å². The SMILES string of the molecule is CC(C)c1ccc2c(c1)OC1(O)c3cccc([N+](=O)[O-])c3C(=O)C21NC(=O)c1cccc[n+]1[O-]. The zero-order chi connectivity index (χ0) is 24.4. The molecular weight excluding hydrogens is 442 g/mol. The highest BCUT2D eigenvalue weighted by molar-refractivity contribution is 6.15. The predicted molar refractivity (Wildman–Crippen MR) is 117 cm³/mol. The van der Waals surface area contributed by atoms with E-state index in [2.05, 4.69) is 5.32 Å². The maximum absolute atomic E-state index is 13.9. The van der Waals surface area contributed by atoms with Gasteiger partial charge in [0.2, 0.25) is 11.3 Å². The molecule has 0 radical (unpaired) electrons. The number of amides is 1. The molecule has 10 nitrogen and oxygen atoms in total. The van der Waals surface area contributed by atoms with Crippen molar-refractivity contribution in [1.29, 1.82) is 0 Å². The quantitative estimate of drug-likeness (QED) is 0.263. The maximum atomic E-state index is 13.9. The summed E-state index contributed by atoms with van der Waals surface area (Å²) in [7, 11) is 0.